The van der Waals surface area contributed by atoms with Gasteiger partial charge >= 0.3 is 0 Å². The first-order chi connectivity index (χ1) is 7.00. The van der Waals surface area contributed by atoms with Crippen LogP contribution in [0.25, 0.3) is 0 Å². The molecule has 0 aromatic heterocycles. The molecular weight excluding hydrogens is 328 g/mol. The maximum atomic E-state index is 11.1. The zero-order valence-corrected chi connectivity index (χ0v) is 11.0. The minimum atomic E-state index is -0.982. The molecule has 1 aromatic rings. The van der Waals surface area contributed by atoms with Crippen molar-refractivity contribution in [3.8, 4) is 0 Å². The average molecular weight is 340 g/mol. The highest BCUT2D eigenvalue weighted by Crippen LogP contribution is 2.19. The summed E-state index contributed by atoms with van der Waals surface area (Å²) in [5.74, 6) is -0.385. The maximum Gasteiger partial charge on any atom is 0.248 e. The Hall–Kier alpha value is -0.330. The molecular formula is C10H11ClINO2. The highest BCUT2D eigenvalue weighted by atomic mass is 127. The molecule has 1 rings (SSSR count). The largest absolute Gasteiger partial charge is 0.384 e. The number of hydrogen-bond donors (Lipinski definition) is 2. The predicted molar refractivity (Wildman–Crippen MR) is 67.7 cm³/mol. The van der Waals surface area contributed by atoms with Gasteiger partial charge in [-0.25, -0.2) is 0 Å². The van der Waals surface area contributed by atoms with Crippen LogP contribution in [0.3, 0.4) is 0 Å². The molecule has 0 saturated carbocycles. The number of halogens is 2. The van der Waals surface area contributed by atoms with Crippen LogP contribution in [0.5, 0.6) is 0 Å². The predicted octanol–water partition coefficient (Wildman–Crippen LogP) is 1.94. The van der Waals surface area contributed by atoms with Gasteiger partial charge < -0.3 is 10.4 Å². The van der Waals surface area contributed by atoms with E-state index in [1.54, 1.807) is 6.07 Å². The van der Waals surface area contributed by atoms with Crippen molar-refractivity contribution in [1.29, 1.82) is 0 Å². The number of carbonyl (C=O) groups excluding carboxylic acids is 1. The van der Waals surface area contributed by atoms with Crippen LogP contribution >= 0.6 is 34.2 Å². The zero-order chi connectivity index (χ0) is 11.4. The second-order valence-corrected chi connectivity index (χ2v) is 4.71. The third-order valence-corrected chi connectivity index (χ3v) is 3.40. The van der Waals surface area contributed by atoms with E-state index in [1.165, 1.54) is 6.92 Å². The zero-order valence-electron chi connectivity index (χ0n) is 8.13. The summed E-state index contributed by atoms with van der Waals surface area (Å²) in [6, 6.07) is 5.56. The van der Waals surface area contributed by atoms with Crippen LogP contribution in [-0.2, 0) is 11.3 Å². The summed E-state index contributed by atoms with van der Waals surface area (Å²) in [6.07, 6.45) is -0.982. The number of rotatable bonds is 3. The second-order valence-electron chi connectivity index (χ2n) is 3.14. The Labute approximate surface area is 107 Å². The molecule has 82 valence electrons. The molecule has 1 aromatic carbocycles. The fourth-order valence-corrected chi connectivity index (χ4v) is 1.53. The fraction of sp³-hybridized carbons (Fsp3) is 0.300. The lowest BCUT2D eigenvalue weighted by Gasteiger charge is -2.07. The first-order valence-corrected chi connectivity index (χ1v) is 5.86. The summed E-state index contributed by atoms with van der Waals surface area (Å²) in [6.45, 7) is 1.80. The van der Waals surface area contributed by atoms with E-state index in [1.807, 2.05) is 12.1 Å². The minimum Gasteiger partial charge on any atom is -0.384 e. The Morgan fingerprint density at radius 2 is 2.33 bits per heavy atom. The third kappa shape index (κ3) is 3.96. The molecule has 0 bridgehead atoms. The smallest absolute Gasteiger partial charge is 0.248 e. The molecule has 0 saturated heterocycles. The molecule has 0 aliphatic carbocycles. The number of carbonyl (C=O) groups is 1. The molecule has 5 heteroatoms. The first-order valence-electron chi connectivity index (χ1n) is 4.40. The summed E-state index contributed by atoms with van der Waals surface area (Å²) in [7, 11) is 0. The van der Waals surface area contributed by atoms with Gasteiger partial charge in [-0.3, -0.25) is 4.79 Å². The van der Waals surface area contributed by atoms with Gasteiger partial charge in [0.2, 0.25) is 5.91 Å². The third-order valence-electron chi connectivity index (χ3n) is 1.83. The maximum absolute atomic E-state index is 11.1. The standard InChI is InChI=1S/C10H11ClINO2/c1-6(14)10(15)13-5-7-2-3-9(12)8(11)4-7/h2-4,6,14H,5H2,1H3,(H,13,15)/t6-/m0/s1. The van der Waals surface area contributed by atoms with Gasteiger partial charge in [0.05, 0.1) is 5.02 Å². The van der Waals surface area contributed by atoms with Crippen molar-refractivity contribution in [2.75, 3.05) is 0 Å². The summed E-state index contributed by atoms with van der Waals surface area (Å²) < 4.78 is 0.972. The van der Waals surface area contributed by atoms with Gasteiger partial charge in [0.15, 0.2) is 0 Å². The van der Waals surface area contributed by atoms with Crippen molar-refractivity contribution < 1.29 is 9.90 Å². The molecule has 0 aliphatic rings. The summed E-state index contributed by atoms with van der Waals surface area (Å²) >= 11 is 8.06. The van der Waals surface area contributed by atoms with Gasteiger partial charge in [0.25, 0.3) is 0 Å². The minimum absolute atomic E-state index is 0.375. The fourth-order valence-electron chi connectivity index (χ4n) is 0.986. The molecule has 15 heavy (non-hydrogen) atoms. The SMILES string of the molecule is C[C@H](O)C(=O)NCc1ccc(I)c(Cl)c1. The Morgan fingerprint density at radius 1 is 1.67 bits per heavy atom. The van der Waals surface area contributed by atoms with Crippen LogP contribution < -0.4 is 5.32 Å². The summed E-state index contributed by atoms with van der Waals surface area (Å²) in [4.78, 5) is 11.1. The lowest BCUT2D eigenvalue weighted by molar-refractivity contribution is -0.128. The molecule has 1 atom stereocenters. The van der Waals surface area contributed by atoms with E-state index < -0.39 is 6.10 Å². The quantitative estimate of drug-likeness (QED) is 0.827. The Bertz CT molecular complexity index is 368. The number of benzene rings is 1. The normalized spacial score (nSPS) is 12.3. The van der Waals surface area contributed by atoms with E-state index in [4.69, 9.17) is 16.7 Å². The number of aliphatic hydroxyl groups is 1. The Balaban J connectivity index is 2.58. The van der Waals surface area contributed by atoms with Crippen molar-refractivity contribution in [3.05, 3.63) is 32.4 Å². The van der Waals surface area contributed by atoms with Crippen LogP contribution in [0.4, 0.5) is 0 Å². The number of hydrogen-bond acceptors (Lipinski definition) is 2. The van der Waals surface area contributed by atoms with Crippen LogP contribution in [0.2, 0.25) is 5.02 Å². The van der Waals surface area contributed by atoms with Crippen molar-refractivity contribution in [1.82, 2.24) is 5.32 Å². The molecule has 1 amide bonds. The van der Waals surface area contributed by atoms with Crippen molar-refractivity contribution >= 4 is 40.1 Å². The van der Waals surface area contributed by atoms with E-state index in [0.29, 0.717) is 11.6 Å². The molecule has 0 heterocycles. The van der Waals surface area contributed by atoms with E-state index in [9.17, 15) is 4.79 Å². The number of nitrogens with one attached hydrogen (secondary N) is 1. The van der Waals surface area contributed by atoms with Gasteiger partial charge in [-0.05, 0) is 47.2 Å². The first kappa shape index (κ1) is 12.7. The van der Waals surface area contributed by atoms with Crippen LogP contribution in [0.15, 0.2) is 18.2 Å². The molecule has 0 aliphatic heterocycles. The Morgan fingerprint density at radius 3 is 2.87 bits per heavy atom. The van der Waals surface area contributed by atoms with Crippen molar-refractivity contribution in [3.63, 3.8) is 0 Å². The van der Waals surface area contributed by atoms with Crippen molar-refractivity contribution in [2.45, 2.75) is 19.6 Å². The molecule has 2 N–H and O–H groups in total. The van der Waals surface area contributed by atoms with Crippen LogP contribution in [0, 0.1) is 3.57 Å². The lowest BCUT2D eigenvalue weighted by Crippen LogP contribution is -2.31. The van der Waals surface area contributed by atoms with Crippen molar-refractivity contribution in [2.24, 2.45) is 0 Å². The van der Waals surface area contributed by atoms with Gasteiger partial charge in [-0.1, -0.05) is 17.7 Å². The molecule has 0 fully saturated rings. The van der Waals surface area contributed by atoms with E-state index in [-0.39, 0.29) is 5.91 Å². The topological polar surface area (TPSA) is 49.3 Å². The number of aliphatic hydroxyl groups excluding tert-OH is 1. The second kappa shape index (κ2) is 5.67. The lowest BCUT2D eigenvalue weighted by atomic mass is 10.2. The highest BCUT2D eigenvalue weighted by molar-refractivity contribution is 14.1. The highest BCUT2D eigenvalue weighted by Gasteiger charge is 2.07. The van der Waals surface area contributed by atoms with Gasteiger partial charge in [-0.2, -0.15) is 0 Å². The molecule has 0 spiro atoms. The molecule has 3 nitrogen and oxygen atoms in total. The monoisotopic (exact) mass is 339 g/mol. The van der Waals surface area contributed by atoms with Gasteiger partial charge in [0.1, 0.15) is 6.10 Å². The molecule has 0 radical (unpaired) electrons. The van der Waals surface area contributed by atoms with Crippen LogP contribution in [0.1, 0.15) is 12.5 Å². The molecule has 0 unspecified atom stereocenters. The van der Waals surface area contributed by atoms with Gasteiger partial charge in [0, 0.05) is 10.1 Å². The Kier molecular flexibility index (Phi) is 4.82. The van der Waals surface area contributed by atoms with Gasteiger partial charge in [-0.15, -0.1) is 0 Å². The van der Waals surface area contributed by atoms with Crippen LogP contribution in [-0.4, -0.2) is 17.1 Å². The van der Waals surface area contributed by atoms with E-state index in [0.717, 1.165) is 9.13 Å². The summed E-state index contributed by atoms with van der Waals surface area (Å²) in [5, 5.41) is 12.2. The number of amides is 1. The van der Waals surface area contributed by atoms with E-state index >= 15 is 0 Å². The average Bonchev–Trinajstić information content (AvgIpc) is 2.19. The van der Waals surface area contributed by atoms with E-state index in [2.05, 4.69) is 27.9 Å². The summed E-state index contributed by atoms with van der Waals surface area (Å²) in [5.41, 5.74) is 0.911.